The fraction of sp³-hybridized carbons (Fsp3) is 0.409. The Morgan fingerprint density at radius 2 is 1.87 bits per heavy atom. The summed E-state index contributed by atoms with van der Waals surface area (Å²) in [6.45, 7) is 5.43. The van der Waals surface area contributed by atoms with Crippen LogP contribution in [0.4, 0.5) is 4.39 Å². The summed E-state index contributed by atoms with van der Waals surface area (Å²) in [7, 11) is 1.62. The molecule has 9 heteroatoms. The first-order chi connectivity index (χ1) is 14.9. The Bertz CT molecular complexity index is 1420. The predicted molar refractivity (Wildman–Crippen MR) is 114 cm³/mol. The largest absolute Gasteiger partial charge is 0.376 e. The zero-order valence-corrected chi connectivity index (χ0v) is 17.8. The minimum atomic E-state index is -0.456. The van der Waals surface area contributed by atoms with E-state index in [-0.39, 0.29) is 18.5 Å². The molecule has 4 heterocycles. The second kappa shape index (κ2) is 7.19. The summed E-state index contributed by atoms with van der Waals surface area (Å²) in [6, 6.07) is 5.79. The Labute approximate surface area is 177 Å². The van der Waals surface area contributed by atoms with Gasteiger partial charge in [-0.2, -0.15) is 4.98 Å². The third kappa shape index (κ3) is 3.03. The Morgan fingerprint density at radius 1 is 1.13 bits per heavy atom. The molecule has 1 fully saturated rings. The standard InChI is InChI=1S/C22H24FN5O3/c1-13-14(2)28-18-19(24-21(28)26(13)12-17-5-4-10-31-17)25(3)22(30)27(20(18)29)11-15-6-8-16(23)9-7-15/h6-9,17H,4-5,10-12H2,1-3H3/t17-/m1/s1. The number of fused-ring (bicyclic) bond motifs is 3. The van der Waals surface area contributed by atoms with E-state index >= 15 is 0 Å². The summed E-state index contributed by atoms with van der Waals surface area (Å²) < 4.78 is 25.5. The molecule has 0 aliphatic carbocycles. The van der Waals surface area contributed by atoms with Crippen molar-refractivity contribution in [3.05, 3.63) is 67.9 Å². The van der Waals surface area contributed by atoms with Gasteiger partial charge in [0.1, 0.15) is 5.82 Å². The number of rotatable bonds is 4. The highest BCUT2D eigenvalue weighted by Crippen LogP contribution is 2.23. The van der Waals surface area contributed by atoms with Crippen LogP contribution in [0.1, 0.15) is 29.8 Å². The van der Waals surface area contributed by atoms with Crippen LogP contribution in [0.15, 0.2) is 33.9 Å². The number of aromatic nitrogens is 5. The van der Waals surface area contributed by atoms with Crippen molar-refractivity contribution in [3.63, 3.8) is 0 Å². The van der Waals surface area contributed by atoms with Gasteiger partial charge in [0.2, 0.25) is 5.78 Å². The van der Waals surface area contributed by atoms with Crippen molar-refractivity contribution in [1.29, 1.82) is 0 Å². The summed E-state index contributed by atoms with van der Waals surface area (Å²) >= 11 is 0. The zero-order valence-electron chi connectivity index (χ0n) is 17.8. The SMILES string of the molecule is Cc1c(C)n2c3c(=O)n(Cc4ccc(F)cc4)c(=O)n(C)c3nc2n1C[C@H]1CCCO1. The molecule has 0 bridgehead atoms. The summed E-state index contributed by atoms with van der Waals surface area (Å²) in [5.74, 6) is 0.266. The Balaban J connectivity index is 1.73. The molecule has 3 aromatic heterocycles. The highest BCUT2D eigenvalue weighted by atomic mass is 19.1. The third-order valence-electron chi connectivity index (χ3n) is 6.29. The van der Waals surface area contributed by atoms with E-state index in [2.05, 4.69) is 4.57 Å². The van der Waals surface area contributed by atoms with E-state index in [1.54, 1.807) is 19.2 Å². The third-order valence-corrected chi connectivity index (χ3v) is 6.29. The lowest BCUT2D eigenvalue weighted by Crippen LogP contribution is -2.39. The second-order valence-corrected chi connectivity index (χ2v) is 8.20. The molecule has 1 saturated heterocycles. The number of ether oxygens (including phenoxy) is 1. The first kappa shape index (κ1) is 19.7. The summed E-state index contributed by atoms with van der Waals surface area (Å²) in [5, 5.41) is 0. The van der Waals surface area contributed by atoms with Gasteiger partial charge in [0.05, 0.1) is 19.2 Å². The van der Waals surface area contributed by atoms with Crippen LogP contribution in [0.3, 0.4) is 0 Å². The monoisotopic (exact) mass is 425 g/mol. The molecule has 0 amide bonds. The van der Waals surface area contributed by atoms with Crippen LogP contribution >= 0.6 is 0 Å². The molecule has 162 valence electrons. The van der Waals surface area contributed by atoms with Crippen LogP contribution < -0.4 is 11.2 Å². The van der Waals surface area contributed by atoms with Gasteiger partial charge in [-0.15, -0.1) is 0 Å². The zero-order chi connectivity index (χ0) is 21.9. The first-order valence-electron chi connectivity index (χ1n) is 10.4. The number of imidazole rings is 2. The van der Waals surface area contributed by atoms with Gasteiger partial charge in [0.15, 0.2) is 11.2 Å². The molecule has 4 aromatic rings. The van der Waals surface area contributed by atoms with Gasteiger partial charge in [0.25, 0.3) is 5.56 Å². The Kier molecular flexibility index (Phi) is 4.58. The fourth-order valence-electron chi connectivity index (χ4n) is 4.44. The quantitative estimate of drug-likeness (QED) is 0.502. The maximum Gasteiger partial charge on any atom is 0.332 e. The average Bonchev–Trinajstić information content (AvgIpc) is 3.46. The molecule has 0 spiro atoms. The van der Waals surface area contributed by atoms with E-state index < -0.39 is 11.2 Å². The minimum absolute atomic E-state index is 0.0591. The number of nitrogens with zero attached hydrogens (tertiary/aromatic N) is 5. The Hall–Kier alpha value is -3.20. The van der Waals surface area contributed by atoms with Gasteiger partial charge in [-0.1, -0.05) is 12.1 Å². The highest BCUT2D eigenvalue weighted by Gasteiger charge is 2.25. The van der Waals surface area contributed by atoms with Crippen LogP contribution in [0, 0.1) is 19.7 Å². The van der Waals surface area contributed by atoms with Crippen LogP contribution in [0.25, 0.3) is 16.9 Å². The highest BCUT2D eigenvalue weighted by molar-refractivity contribution is 5.76. The minimum Gasteiger partial charge on any atom is -0.376 e. The lowest BCUT2D eigenvalue weighted by Gasteiger charge is -2.12. The van der Waals surface area contributed by atoms with Crippen molar-refractivity contribution in [2.24, 2.45) is 7.05 Å². The predicted octanol–water partition coefficient (Wildman–Crippen LogP) is 2.13. The molecule has 1 aliphatic heterocycles. The molecule has 31 heavy (non-hydrogen) atoms. The van der Waals surface area contributed by atoms with Crippen LogP contribution in [0.2, 0.25) is 0 Å². The number of benzene rings is 1. The van der Waals surface area contributed by atoms with Gasteiger partial charge >= 0.3 is 5.69 Å². The van der Waals surface area contributed by atoms with E-state index in [1.165, 1.54) is 21.3 Å². The van der Waals surface area contributed by atoms with Gasteiger partial charge in [-0.25, -0.2) is 9.18 Å². The molecule has 1 aliphatic rings. The maximum atomic E-state index is 13.4. The van der Waals surface area contributed by atoms with E-state index in [4.69, 9.17) is 9.72 Å². The summed E-state index contributed by atoms with van der Waals surface area (Å²) in [4.78, 5) is 31.1. The van der Waals surface area contributed by atoms with E-state index in [0.717, 1.165) is 30.8 Å². The number of hydrogen-bond acceptors (Lipinski definition) is 4. The maximum absolute atomic E-state index is 13.4. The van der Waals surface area contributed by atoms with Crippen molar-refractivity contribution in [2.45, 2.75) is 45.9 Å². The van der Waals surface area contributed by atoms with Gasteiger partial charge < -0.3 is 9.30 Å². The fourth-order valence-corrected chi connectivity index (χ4v) is 4.44. The molecule has 8 nitrogen and oxygen atoms in total. The molecule has 0 N–H and O–H groups in total. The van der Waals surface area contributed by atoms with E-state index in [9.17, 15) is 14.0 Å². The second-order valence-electron chi connectivity index (χ2n) is 8.20. The smallest absolute Gasteiger partial charge is 0.332 e. The van der Waals surface area contributed by atoms with Crippen molar-refractivity contribution in [1.82, 2.24) is 23.1 Å². The molecule has 0 radical (unpaired) electrons. The topological polar surface area (TPSA) is 75.5 Å². The van der Waals surface area contributed by atoms with E-state index in [1.807, 2.05) is 18.2 Å². The number of aryl methyl sites for hydroxylation is 2. The van der Waals surface area contributed by atoms with Crippen LogP contribution in [0.5, 0.6) is 0 Å². The lowest BCUT2D eigenvalue weighted by molar-refractivity contribution is 0.0974. The molecule has 5 rings (SSSR count). The van der Waals surface area contributed by atoms with E-state index in [0.29, 0.717) is 29.0 Å². The summed E-state index contributed by atoms with van der Waals surface area (Å²) in [5.41, 5.74) is 2.44. The average molecular weight is 425 g/mol. The molecular formula is C22H24FN5O3. The summed E-state index contributed by atoms with van der Waals surface area (Å²) in [6.07, 6.45) is 2.15. The van der Waals surface area contributed by atoms with Crippen molar-refractivity contribution < 1.29 is 9.13 Å². The first-order valence-corrected chi connectivity index (χ1v) is 10.4. The molecule has 1 atom stereocenters. The van der Waals surface area contributed by atoms with Crippen molar-refractivity contribution >= 4 is 16.9 Å². The van der Waals surface area contributed by atoms with Crippen molar-refractivity contribution in [2.75, 3.05) is 6.61 Å². The molecule has 1 aromatic carbocycles. The number of halogens is 1. The number of hydrogen-bond donors (Lipinski definition) is 0. The van der Waals surface area contributed by atoms with Crippen LogP contribution in [-0.2, 0) is 24.9 Å². The normalized spacial score (nSPS) is 16.7. The van der Waals surface area contributed by atoms with Gasteiger partial charge in [0, 0.05) is 25.0 Å². The van der Waals surface area contributed by atoms with Gasteiger partial charge in [-0.05, 0) is 44.4 Å². The molecular weight excluding hydrogens is 401 g/mol. The van der Waals surface area contributed by atoms with Gasteiger partial charge in [-0.3, -0.25) is 18.3 Å². The molecule has 0 saturated carbocycles. The molecule has 0 unspecified atom stereocenters. The lowest BCUT2D eigenvalue weighted by atomic mass is 10.2. The van der Waals surface area contributed by atoms with Crippen LogP contribution in [-0.4, -0.2) is 35.8 Å². The van der Waals surface area contributed by atoms with Crippen molar-refractivity contribution in [3.8, 4) is 0 Å². The Morgan fingerprint density at radius 3 is 2.55 bits per heavy atom.